The number of fused-ring (bicyclic) bond motifs is 2. The molecule has 6 heteroatoms. The van der Waals surface area contributed by atoms with E-state index in [0.29, 0.717) is 21.3 Å². The zero-order valence-corrected chi connectivity index (χ0v) is 13.3. The lowest BCUT2D eigenvalue weighted by molar-refractivity contribution is 0.291. The molecular weight excluding hydrogens is 341 g/mol. The van der Waals surface area contributed by atoms with E-state index >= 15 is 0 Å². The van der Waals surface area contributed by atoms with Gasteiger partial charge in [-0.2, -0.15) is 0 Å². The molecule has 1 N–H and O–H groups in total. The van der Waals surface area contributed by atoms with Crippen molar-refractivity contribution in [2.24, 2.45) is 0 Å². The van der Waals surface area contributed by atoms with Crippen LogP contribution in [-0.2, 0) is 0 Å². The standard InChI is InChI=1S/C14H15BrFN3S/c15-8-6-10-13(7-9(8)16)19(14(20)17-10)12-3-5-18-4-1-2-11(12)18/h6-7,11-12H,1-5H2,(H,17,20). The number of hydrogen-bond acceptors (Lipinski definition) is 2. The Balaban J connectivity index is 1.89. The topological polar surface area (TPSA) is 24.0 Å². The number of imidazole rings is 1. The van der Waals surface area contributed by atoms with Gasteiger partial charge in [-0.15, -0.1) is 0 Å². The average Bonchev–Trinajstić information content (AvgIpc) is 3.05. The molecule has 0 radical (unpaired) electrons. The van der Waals surface area contributed by atoms with Crippen LogP contribution in [0, 0.1) is 10.6 Å². The number of hydrogen-bond donors (Lipinski definition) is 1. The van der Waals surface area contributed by atoms with Crippen molar-refractivity contribution in [3.8, 4) is 0 Å². The first-order valence-electron chi connectivity index (χ1n) is 6.98. The Labute approximate surface area is 129 Å². The molecule has 1 aromatic heterocycles. The number of aromatic nitrogens is 2. The quantitative estimate of drug-likeness (QED) is 0.781. The van der Waals surface area contributed by atoms with Crippen molar-refractivity contribution in [3.63, 3.8) is 0 Å². The Morgan fingerprint density at radius 2 is 2.10 bits per heavy atom. The lowest BCUT2D eigenvalue weighted by Crippen LogP contribution is -2.27. The number of nitrogens with zero attached hydrogens (tertiary/aromatic N) is 2. The highest BCUT2D eigenvalue weighted by atomic mass is 79.9. The van der Waals surface area contributed by atoms with E-state index in [1.807, 2.05) is 0 Å². The molecule has 2 saturated heterocycles. The minimum atomic E-state index is -0.235. The molecule has 20 heavy (non-hydrogen) atoms. The summed E-state index contributed by atoms with van der Waals surface area (Å²) < 4.78 is 17.2. The van der Waals surface area contributed by atoms with Crippen molar-refractivity contribution in [1.29, 1.82) is 0 Å². The summed E-state index contributed by atoms with van der Waals surface area (Å²) in [5.74, 6) is -0.235. The van der Waals surface area contributed by atoms with Gasteiger partial charge >= 0.3 is 0 Å². The summed E-state index contributed by atoms with van der Waals surface area (Å²) in [5.41, 5.74) is 1.79. The van der Waals surface area contributed by atoms with Crippen LogP contribution in [0.1, 0.15) is 25.3 Å². The first-order chi connectivity index (χ1) is 9.65. The zero-order chi connectivity index (χ0) is 13.9. The molecule has 0 aliphatic carbocycles. The average molecular weight is 356 g/mol. The van der Waals surface area contributed by atoms with Gasteiger partial charge in [-0.1, -0.05) is 0 Å². The van der Waals surface area contributed by atoms with Gasteiger partial charge in [-0.05, 0) is 60.0 Å². The molecule has 2 aromatic rings. The summed E-state index contributed by atoms with van der Waals surface area (Å²) in [7, 11) is 0. The van der Waals surface area contributed by atoms with Gasteiger partial charge in [0.1, 0.15) is 5.82 Å². The molecule has 3 heterocycles. The molecule has 4 rings (SSSR count). The van der Waals surface area contributed by atoms with Gasteiger partial charge in [0.2, 0.25) is 0 Å². The normalized spacial score (nSPS) is 26.5. The Morgan fingerprint density at radius 3 is 2.95 bits per heavy atom. The van der Waals surface area contributed by atoms with E-state index in [1.54, 1.807) is 12.1 Å². The fourth-order valence-electron chi connectivity index (χ4n) is 3.81. The predicted octanol–water partition coefficient (Wildman–Crippen LogP) is 4.01. The first kappa shape index (κ1) is 13.0. The number of aromatic amines is 1. The van der Waals surface area contributed by atoms with Crippen molar-refractivity contribution in [1.82, 2.24) is 14.5 Å². The van der Waals surface area contributed by atoms with Crippen molar-refractivity contribution in [2.45, 2.75) is 31.3 Å². The largest absolute Gasteiger partial charge is 0.331 e. The predicted molar refractivity (Wildman–Crippen MR) is 83.0 cm³/mol. The molecule has 2 fully saturated rings. The molecule has 3 nitrogen and oxygen atoms in total. The van der Waals surface area contributed by atoms with Gasteiger partial charge in [0, 0.05) is 18.7 Å². The second-order valence-corrected chi connectivity index (χ2v) is 6.93. The highest BCUT2D eigenvalue weighted by Crippen LogP contribution is 2.38. The molecule has 1 aromatic carbocycles. The Hall–Kier alpha value is -0.720. The van der Waals surface area contributed by atoms with Crippen LogP contribution < -0.4 is 0 Å². The second-order valence-electron chi connectivity index (χ2n) is 5.69. The lowest BCUT2D eigenvalue weighted by atomic mass is 10.1. The molecule has 2 atom stereocenters. The van der Waals surface area contributed by atoms with E-state index in [1.165, 1.54) is 19.4 Å². The van der Waals surface area contributed by atoms with Crippen molar-refractivity contribution in [3.05, 3.63) is 27.2 Å². The maximum absolute atomic E-state index is 13.9. The lowest BCUT2D eigenvalue weighted by Gasteiger charge is -2.22. The third-order valence-corrected chi connectivity index (χ3v) is 5.57. The molecule has 0 saturated carbocycles. The van der Waals surface area contributed by atoms with E-state index in [4.69, 9.17) is 12.2 Å². The maximum atomic E-state index is 13.9. The summed E-state index contributed by atoms with van der Waals surface area (Å²) in [6, 6.07) is 4.30. The number of benzene rings is 1. The first-order valence-corrected chi connectivity index (χ1v) is 8.18. The maximum Gasteiger partial charge on any atom is 0.178 e. The molecule has 106 valence electrons. The highest BCUT2D eigenvalue weighted by Gasteiger charge is 2.38. The SMILES string of the molecule is Fc1cc2c(cc1Br)[nH]c(=S)n2C1CCN2CCCC12. The summed E-state index contributed by atoms with van der Waals surface area (Å²) in [6.07, 6.45) is 3.58. The van der Waals surface area contributed by atoms with Gasteiger partial charge < -0.3 is 9.55 Å². The summed E-state index contributed by atoms with van der Waals surface area (Å²) in [6.45, 7) is 2.32. The molecule has 0 amide bonds. The van der Waals surface area contributed by atoms with Crippen molar-refractivity contribution < 1.29 is 4.39 Å². The number of nitrogens with one attached hydrogen (secondary N) is 1. The highest BCUT2D eigenvalue weighted by molar-refractivity contribution is 9.10. The Bertz CT molecular complexity index is 738. The molecule has 2 aliphatic rings. The fourth-order valence-corrected chi connectivity index (χ4v) is 4.49. The van der Waals surface area contributed by atoms with E-state index < -0.39 is 0 Å². The number of rotatable bonds is 1. The molecule has 0 bridgehead atoms. The zero-order valence-electron chi connectivity index (χ0n) is 10.9. The van der Waals surface area contributed by atoms with Crippen LogP contribution in [0.3, 0.4) is 0 Å². The van der Waals surface area contributed by atoms with Gasteiger partial charge in [0.15, 0.2) is 4.77 Å². The van der Waals surface area contributed by atoms with E-state index in [2.05, 4.69) is 30.4 Å². The Morgan fingerprint density at radius 1 is 1.25 bits per heavy atom. The van der Waals surface area contributed by atoms with Crippen molar-refractivity contribution >= 4 is 39.2 Å². The van der Waals surface area contributed by atoms with Crippen molar-refractivity contribution in [2.75, 3.05) is 13.1 Å². The van der Waals surface area contributed by atoms with Crippen LogP contribution in [0.25, 0.3) is 11.0 Å². The Kier molecular flexibility index (Phi) is 3.01. The van der Waals surface area contributed by atoms with Crippen LogP contribution in [0.15, 0.2) is 16.6 Å². The van der Waals surface area contributed by atoms with Crippen LogP contribution in [0.4, 0.5) is 4.39 Å². The summed E-state index contributed by atoms with van der Waals surface area (Å²) in [5, 5.41) is 0. The third kappa shape index (κ3) is 1.81. The van der Waals surface area contributed by atoms with E-state index in [0.717, 1.165) is 24.0 Å². The molecular formula is C14H15BrFN3S. The molecule has 2 aliphatic heterocycles. The van der Waals surface area contributed by atoms with E-state index in [-0.39, 0.29) is 5.82 Å². The van der Waals surface area contributed by atoms with Crippen LogP contribution in [-0.4, -0.2) is 33.6 Å². The minimum Gasteiger partial charge on any atom is -0.331 e. The minimum absolute atomic E-state index is 0.235. The second kappa shape index (κ2) is 4.64. The fraction of sp³-hybridized carbons (Fsp3) is 0.500. The number of halogens is 2. The van der Waals surface area contributed by atoms with Gasteiger partial charge in [0.05, 0.1) is 21.5 Å². The number of H-pyrrole nitrogens is 1. The van der Waals surface area contributed by atoms with Gasteiger partial charge in [-0.3, -0.25) is 4.90 Å². The monoisotopic (exact) mass is 355 g/mol. The van der Waals surface area contributed by atoms with Gasteiger partial charge in [0.25, 0.3) is 0 Å². The summed E-state index contributed by atoms with van der Waals surface area (Å²) in [4.78, 5) is 5.76. The van der Waals surface area contributed by atoms with Crippen LogP contribution >= 0.6 is 28.1 Å². The summed E-state index contributed by atoms with van der Waals surface area (Å²) >= 11 is 8.72. The molecule has 2 unspecified atom stereocenters. The van der Waals surface area contributed by atoms with Crippen LogP contribution in [0.2, 0.25) is 0 Å². The third-order valence-electron chi connectivity index (χ3n) is 4.66. The van der Waals surface area contributed by atoms with Crippen LogP contribution in [0.5, 0.6) is 0 Å². The van der Waals surface area contributed by atoms with E-state index in [9.17, 15) is 4.39 Å². The molecule has 0 spiro atoms. The van der Waals surface area contributed by atoms with Gasteiger partial charge in [-0.25, -0.2) is 4.39 Å². The smallest absolute Gasteiger partial charge is 0.178 e.